The summed E-state index contributed by atoms with van der Waals surface area (Å²) >= 11 is 0. The maximum Gasteiger partial charge on any atom is 0.337 e. The lowest BCUT2D eigenvalue weighted by molar-refractivity contribution is 0.0356. The van der Waals surface area contributed by atoms with Crippen LogP contribution in [0.2, 0.25) is 0 Å². The van der Waals surface area contributed by atoms with Crippen LogP contribution in [0.25, 0.3) is 11.1 Å². The molecule has 0 spiro atoms. The van der Waals surface area contributed by atoms with Gasteiger partial charge in [0.1, 0.15) is 12.4 Å². The third-order valence-electron chi connectivity index (χ3n) is 4.00. The van der Waals surface area contributed by atoms with Gasteiger partial charge in [-0.15, -0.1) is 0 Å². The molecule has 0 amide bonds. The minimum atomic E-state index is -0.333. The van der Waals surface area contributed by atoms with Gasteiger partial charge in [-0.05, 0) is 41.8 Å². The second-order valence-corrected chi connectivity index (χ2v) is 6.02. The third-order valence-corrected chi connectivity index (χ3v) is 4.00. The first kappa shape index (κ1) is 20.9. The Balaban J connectivity index is 1.70. The summed E-state index contributed by atoms with van der Waals surface area (Å²) in [5, 5.41) is 0. The van der Waals surface area contributed by atoms with Crippen molar-refractivity contribution in [3.05, 3.63) is 54.1 Å². The van der Waals surface area contributed by atoms with E-state index in [-0.39, 0.29) is 5.97 Å². The minimum Gasteiger partial charge on any atom is -0.491 e. The fourth-order valence-corrected chi connectivity index (χ4v) is 2.45. The van der Waals surface area contributed by atoms with Crippen LogP contribution >= 0.6 is 0 Å². The van der Waals surface area contributed by atoms with Gasteiger partial charge in [-0.25, -0.2) is 4.79 Å². The topological polar surface area (TPSA) is 54.0 Å². The highest BCUT2D eigenvalue weighted by Crippen LogP contribution is 2.23. The number of rotatable bonds is 12. The van der Waals surface area contributed by atoms with Crippen molar-refractivity contribution in [1.29, 1.82) is 0 Å². The molecule has 0 heterocycles. The van der Waals surface area contributed by atoms with Crippen LogP contribution in [0, 0.1) is 0 Å². The molecule has 0 aliphatic carbocycles. The number of hydrogen-bond acceptors (Lipinski definition) is 5. The molecule has 0 N–H and O–H groups in total. The van der Waals surface area contributed by atoms with Gasteiger partial charge >= 0.3 is 5.97 Å². The molecule has 0 saturated heterocycles. The summed E-state index contributed by atoms with van der Waals surface area (Å²) in [6, 6.07) is 15.2. The Kier molecular flexibility index (Phi) is 9.38. The molecule has 0 fully saturated rings. The van der Waals surface area contributed by atoms with E-state index in [1.807, 2.05) is 36.4 Å². The van der Waals surface area contributed by atoms with Gasteiger partial charge in [-0.3, -0.25) is 0 Å². The molecule has 146 valence electrons. The maximum absolute atomic E-state index is 11.5. The molecular weight excluding hydrogens is 344 g/mol. The Labute approximate surface area is 161 Å². The zero-order chi connectivity index (χ0) is 19.3. The average Bonchev–Trinajstić information content (AvgIpc) is 2.72. The molecule has 0 unspecified atom stereocenters. The maximum atomic E-state index is 11.5. The molecule has 0 aromatic heterocycles. The molecule has 0 aliphatic heterocycles. The van der Waals surface area contributed by atoms with E-state index in [0.29, 0.717) is 32.0 Å². The van der Waals surface area contributed by atoms with Gasteiger partial charge in [0.2, 0.25) is 0 Å². The van der Waals surface area contributed by atoms with Crippen molar-refractivity contribution in [3.63, 3.8) is 0 Å². The predicted octanol–water partition coefficient (Wildman–Crippen LogP) is 4.35. The van der Waals surface area contributed by atoms with Crippen LogP contribution in [0.15, 0.2) is 48.5 Å². The number of benzene rings is 2. The highest BCUT2D eigenvalue weighted by atomic mass is 16.5. The van der Waals surface area contributed by atoms with Crippen LogP contribution < -0.4 is 4.74 Å². The summed E-state index contributed by atoms with van der Waals surface area (Å²) in [6.07, 6.45) is 2.24. The lowest BCUT2D eigenvalue weighted by Gasteiger charge is -2.09. The van der Waals surface area contributed by atoms with Crippen LogP contribution in [0.1, 0.15) is 30.1 Å². The van der Waals surface area contributed by atoms with Crippen LogP contribution in [0.4, 0.5) is 0 Å². The van der Waals surface area contributed by atoms with Crippen molar-refractivity contribution in [1.82, 2.24) is 0 Å². The van der Waals surface area contributed by atoms with Crippen molar-refractivity contribution in [2.24, 2.45) is 0 Å². The number of methoxy groups -OCH3 is 1. The second-order valence-electron chi connectivity index (χ2n) is 6.02. The van der Waals surface area contributed by atoms with Crippen LogP contribution in [0.5, 0.6) is 5.75 Å². The molecule has 2 aromatic rings. The van der Waals surface area contributed by atoms with Gasteiger partial charge in [-0.2, -0.15) is 0 Å². The number of carbonyl (C=O) groups excluding carboxylic acids is 1. The van der Waals surface area contributed by atoms with Crippen molar-refractivity contribution in [2.45, 2.75) is 19.8 Å². The standard InChI is InChI=1S/C22H28O5/c1-3-4-13-25-14-15-26-16-17-27-21-11-9-19(10-12-21)18-5-7-20(8-6-18)22(23)24-2/h5-12H,3-4,13-17H2,1-2H3. The summed E-state index contributed by atoms with van der Waals surface area (Å²) in [4.78, 5) is 11.5. The number of unbranched alkanes of at least 4 members (excludes halogenated alkanes) is 1. The van der Waals surface area contributed by atoms with E-state index in [1.165, 1.54) is 7.11 Å². The highest BCUT2D eigenvalue weighted by Gasteiger charge is 2.05. The minimum absolute atomic E-state index is 0.333. The summed E-state index contributed by atoms with van der Waals surface area (Å²) in [5.74, 6) is 0.466. The fraction of sp³-hybridized carbons (Fsp3) is 0.409. The van der Waals surface area contributed by atoms with E-state index in [9.17, 15) is 4.79 Å². The lowest BCUT2D eigenvalue weighted by atomic mass is 10.0. The highest BCUT2D eigenvalue weighted by molar-refractivity contribution is 5.89. The van der Waals surface area contributed by atoms with Gasteiger partial charge in [0.25, 0.3) is 0 Å². The molecule has 5 heteroatoms. The molecule has 27 heavy (non-hydrogen) atoms. The van der Waals surface area contributed by atoms with Gasteiger partial charge in [0, 0.05) is 6.61 Å². The Morgan fingerprint density at radius 1 is 0.778 bits per heavy atom. The molecule has 2 rings (SSSR count). The van der Waals surface area contributed by atoms with Gasteiger partial charge in [0.05, 0.1) is 32.5 Å². The van der Waals surface area contributed by atoms with Crippen molar-refractivity contribution in [2.75, 3.05) is 40.1 Å². The zero-order valence-electron chi connectivity index (χ0n) is 16.1. The SMILES string of the molecule is CCCCOCCOCCOc1ccc(-c2ccc(C(=O)OC)cc2)cc1. The molecule has 0 saturated carbocycles. The van der Waals surface area contributed by atoms with E-state index in [0.717, 1.165) is 36.3 Å². The summed E-state index contributed by atoms with van der Waals surface area (Å²) in [5.41, 5.74) is 2.62. The molecule has 0 radical (unpaired) electrons. The Morgan fingerprint density at radius 2 is 1.33 bits per heavy atom. The average molecular weight is 372 g/mol. The Morgan fingerprint density at radius 3 is 1.93 bits per heavy atom. The second kappa shape index (κ2) is 12.1. The summed E-state index contributed by atoms with van der Waals surface area (Å²) < 4.78 is 21.3. The Bertz CT molecular complexity index is 664. The fourth-order valence-electron chi connectivity index (χ4n) is 2.45. The number of hydrogen-bond donors (Lipinski definition) is 0. The van der Waals surface area contributed by atoms with Crippen LogP contribution in [-0.2, 0) is 14.2 Å². The first-order valence-electron chi connectivity index (χ1n) is 9.31. The zero-order valence-corrected chi connectivity index (χ0v) is 16.1. The molecule has 0 aliphatic rings. The van der Waals surface area contributed by atoms with E-state index < -0.39 is 0 Å². The first-order chi connectivity index (χ1) is 13.2. The largest absolute Gasteiger partial charge is 0.491 e. The van der Waals surface area contributed by atoms with E-state index >= 15 is 0 Å². The van der Waals surface area contributed by atoms with Crippen LogP contribution in [-0.4, -0.2) is 46.1 Å². The number of esters is 1. The number of carbonyl (C=O) groups is 1. The van der Waals surface area contributed by atoms with E-state index in [4.69, 9.17) is 18.9 Å². The third kappa shape index (κ3) is 7.41. The molecule has 0 atom stereocenters. The van der Waals surface area contributed by atoms with Gasteiger partial charge in [-0.1, -0.05) is 37.6 Å². The van der Waals surface area contributed by atoms with E-state index in [2.05, 4.69) is 6.92 Å². The quantitative estimate of drug-likeness (QED) is 0.409. The summed E-state index contributed by atoms with van der Waals surface area (Å²) in [6.45, 7) is 5.20. The molecule has 2 aromatic carbocycles. The van der Waals surface area contributed by atoms with E-state index in [1.54, 1.807) is 12.1 Å². The molecular formula is C22H28O5. The Hall–Kier alpha value is -2.37. The monoisotopic (exact) mass is 372 g/mol. The van der Waals surface area contributed by atoms with Crippen molar-refractivity contribution in [3.8, 4) is 16.9 Å². The lowest BCUT2D eigenvalue weighted by Crippen LogP contribution is -2.11. The van der Waals surface area contributed by atoms with Gasteiger partial charge < -0.3 is 18.9 Å². The summed E-state index contributed by atoms with van der Waals surface area (Å²) in [7, 11) is 1.38. The molecule has 0 bridgehead atoms. The smallest absolute Gasteiger partial charge is 0.337 e. The van der Waals surface area contributed by atoms with Crippen molar-refractivity contribution < 1.29 is 23.7 Å². The van der Waals surface area contributed by atoms with Crippen LogP contribution in [0.3, 0.4) is 0 Å². The normalized spacial score (nSPS) is 10.6. The first-order valence-corrected chi connectivity index (χ1v) is 9.31. The predicted molar refractivity (Wildman–Crippen MR) is 105 cm³/mol. The van der Waals surface area contributed by atoms with Gasteiger partial charge in [0.15, 0.2) is 0 Å². The molecule has 5 nitrogen and oxygen atoms in total. The van der Waals surface area contributed by atoms with Crippen molar-refractivity contribution >= 4 is 5.97 Å². The number of ether oxygens (including phenoxy) is 4.